The molecule has 7 heteroatoms. The third-order valence-corrected chi connectivity index (χ3v) is 12.7. The van der Waals surface area contributed by atoms with E-state index in [9.17, 15) is 0 Å². The number of hydrogen-bond donors (Lipinski definition) is 1. The van der Waals surface area contributed by atoms with Crippen LogP contribution in [0.4, 0.5) is 17.3 Å². The van der Waals surface area contributed by atoms with Gasteiger partial charge in [0.25, 0.3) is 0 Å². The van der Waals surface area contributed by atoms with E-state index in [1.54, 1.807) is 0 Å². The molecule has 0 amide bonds. The summed E-state index contributed by atoms with van der Waals surface area (Å²) in [5, 5.41) is 6.49. The van der Waals surface area contributed by atoms with Crippen LogP contribution in [0.15, 0.2) is 179 Å². The van der Waals surface area contributed by atoms with Crippen LogP contribution in [0, 0.1) is 0 Å². The number of aromatic amines is 1. The average molecular weight is 786 g/mol. The molecule has 1 aliphatic carbocycles. The van der Waals surface area contributed by atoms with Crippen molar-refractivity contribution < 1.29 is 8.83 Å². The maximum atomic E-state index is 6.53. The summed E-state index contributed by atoms with van der Waals surface area (Å²) in [6.45, 7) is 4.61. The molecular weight excluding hydrogens is 751 g/mol. The summed E-state index contributed by atoms with van der Waals surface area (Å²) in [4.78, 5) is 21.9. The number of nitrogens with zero attached hydrogens (tertiary/aromatic N) is 4. The lowest BCUT2D eigenvalue weighted by Crippen LogP contribution is -2.17. The third kappa shape index (κ3) is 5.01. The van der Waals surface area contributed by atoms with E-state index in [1.807, 2.05) is 42.5 Å². The molecule has 61 heavy (non-hydrogen) atoms. The van der Waals surface area contributed by atoms with Crippen LogP contribution in [0.3, 0.4) is 0 Å². The molecule has 7 nitrogen and oxygen atoms in total. The zero-order valence-corrected chi connectivity index (χ0v) is 33.3. The van der Waals surface area contributed by atoms with E-state index in [2.05, 4.69) is 151 Å². The first kappa shape index (κ1) is 33.9. The summed E-state index contributed by atoms with van der Waals surface area (Å²) in [5.41, 5.74) is 13.6. The molecule has 1 N–H and O–H groups in total. The summed E-state index contributed by atoms with van der Waals surface area (Å²) < 4.78 is 12.8. The molecule has 0 saturated heterocycles. The van der Waals surface area contributed by atoms with Gasteiger partial charge in [-0.3, -0.25) is 4.90 Å². The molecule has 8 aromatic carbocycles. The summed E-state index contributed by atoms with van der Waals surface area (Å²) in [5.74, 6) is 1.59. The topological polar surface area (TPSA) is 84.0 Å². The predicted octanol–water partition coefficient (Wildman–Crippen LogP) is 14.4. The number of hydrogen-bond acceptors (Lipinski definition) is 6. The molecular formula is C54H35N5O2. The molecule has 4 heterocycles. The molecule has 13 rings (SSSR count). The van der Waals surface area contributed by atoms with Crippen LogP contribution < -0.4 is 4.90 Å². The van der Waals surface area contributed by atoms with Crippen LogP contribution in [0.25, 0.3) is 99.6 Å². The Balaban J connectivity index is 1.10. The van der Waals surface area contributed by atoms with E-state index in [1.165, 1.54) is 22.1 Å². The lowest BCUT2D eigenvalue weighted by Gasteiger charge is -2.27. The molecule has 12 aromatic rings. The zero-order valence-electron chi connectivity index (χ0n) is 33.3. The highest BCUT2D eigenvalue weighted by Gasteiger charge is 2.38. The number of anilines is 3. The molecule has 0 aliphatic heterocycles. The van der Waals surface area contributed by atoms with E-state index in [4.69, 9.17) is 23.8 Å². The molecule has 0 fully saturated rings. The van der Waals surface area contributed by atoms with Gasteiger partial charge in [0.1, 0.15) is 22.3 Å². The molecule has 4 aromatic heterocycles. The van der Waals surface area contributed by atoms with Crippen LogP contribution in [-0.4, -0.2) is 19.9 Å². The van der Waals surface area contributed by atoms with Gasteiger partial charge in [0.2, 0.25) is 5.95 Å². The lowest BCUT2D eigenvalue weighted by atomic mass is 9.82. The Labute approximate surface area is 349 Å². The maximum Gasteiger partial charge on any atom is 0.238 e. The van der Waals surface area contributed by atoms with Gasteiger partial charge < -0.3 is 13.8 Å². The summed E-state index contributed by atoms with van der Waals surface area (Å²) in [7, 11) is 0. The first-order chi connectivity index (χ1) is 30.0. The predicted molar refractivity (Wildman–Crippen MR) is 247 cm³/mol. The third-order valence-electron chi connectivity index (χ3n) is 12.7. The highest BCUT2D eigenvalue weighted by Crippen LogP contribution is 2.54. The normalized spacial score (nSPS) is 13.2. The molecule has 0 atom stereocenters. The molecule has 288 valence electrons. The first-order valence-corrected chi connectivity index (χ1v) is 20.6. The minimum atomic E-state index is -0.219. The maximum absolute atomic E-state index is 6.53. The van der Waals surface area contributed by atoms with E-state index < -0.39 is 0 Å². The fraction of sp³-hybridized carbons (Fsp3) is 0.0556. The monoisotopic (exact) mass is 785 g/mol. The number of benzene rings is 8. The van der Waals surface area contributed by atoms with Crippen LogP contribution in [0.1, 0.15) is 25.0 Å². The van der Waals surface area contributed by atoms with Crippen molar-refractivity contribution in [2.45, 2.75) is 19.3 Å². The number of H-pyrrole nitrogens is 1. The average Bonchev–Trinajstić information content (AvgIpc) is 4.04. The summed E-state index contributed by atoms with van der Waals surface area (Å²) in [6.07, 6.45) is 0. The van der Waals surface area contributed by atoms with Gasteiger partial charge in [-0.2, -0.15) is 9.97 Å². The van der Waals surface area contributed by atoms with Crippen LogP contribution in [-0.2, 0) is 5.41 Å². The second kappa shape index (κ2) is 12.5. The van der Waals surface area contributed by atoms with Crippen molar-refractivity contribution in [1.29, 1.82) is 0 Å². The van der Waals surface area contributed by atoms with Crippen LogP contribution in [0.5, 0.6) is 0 Å². The van der Waals surface area contributed by atoms with E-state index in [0.717, 1.165) is 88.4 Å². The molecule has 1 aliphatic rings. The second-order valence-electron chi connectivity index (χ2n) is 16.5. The van der Waals surface area contributed by atoms with Crippen molar-refractivity contribution in [1.82, 2.24) is 19.9 Å². The first-order valence-electron chi connectivity index (χ1n) is 20.6. The Kier molecular flexibility index (Phi) is 6.94. The van der Waals surface area contributed by atoms with Crippen molar-refractivity contribution in [2.24, 2.45) is 0 Å². The van der Waals surface area contributed by atoms with Gasteiger partial charge in [0.15, 0.2) is 11.6 Å². The van der Waals surface area contributed by atoms with Crippen molar-refractivity contribution in [3.8, 4) is 33.9 Å². The van der Waals surface area contributed by atoms with Gasteiger partial charge >= 0.3 is 0 Å². The number of rotatable bonds is 5. The van der Waals surface area contributed by atoms with Crippen LogP contribution in [0.2, 0.25) is 0 Å². The van der Waals surface area contributed by atoms with Crippen LogP contribution >= 0.6 is 0 Å². The lowest BCUT2D eigenvalue weighted by molar-refractivity contribution is 0.660. The minimum Gasteiger partial charge on any atom is -0.456 e. The summed E-state index contributed by atoms with van der Waals surface area (Å²) >= 11 is 0. The number of furan rings is 2. The second-order valence-corrected chi connectivity index (χ2v) is 16.5. The Morgan fingerprint density at radius 2 is 1.07 bits per heavy atom. The van der Waals surface area contributed by atoms with Crippen molar-refractivity contribution in [3.05, 3.63) is 181 Å². The Bertz CT molecular complexity index is 3780. The van der Waals surface area contributed by atoms with Gasteiger partial charge in [-0.1, -0.05) is 117 Å². The van der Waals surface area contributed by atoms with Gasteiger partial charge in [-0.05, 0) is 77.4 Å². The summed E-state index contributed by atoms with van der Waals surface area (Å²) in [6, 6.07) is 59.1. The smallest absolute Gasteiger partial charge is 0.238 e. The number of para-hydroxylation sites is 3. The molecule has 0 spiro atoms. The Morgan fingerprint density at radius 1 is 0.459 bits per heavy atom. The van der Waals surface area contributed by atoms with Gasteiger partial charge in [0.05, 0.1) is 11.4 Å². The van der Waals surface area contributed by atoms with Gasteiger partial charge in [-0.15, -0.1) is 0 Å². The molecule has 0 unspecified atom stereocenters. The number of nitrogens with one attached hydrogen (secondary N) is 1. The van der Waals surface area contributed by atoms with Gasteiger partial charge in [-0.25, -0.2) is 4.98 Å². The Hall–Kier alpha value is -8.03. The number of aromatic nitrogens is 4. The fourth-order valence-electron chi connectivity index (χ4n) is 9.72. The Morgan fingerprint density at radius 3 is 1.90 bits per heavy atom. The highest BCUT2D eigenvalue weighted by atomic mass is 16.3. The van der Waals surface area contributed by atoms with Gasteiger partial charge in [0, 0.05) is 71.5 Å². The largest absolute Gasteiger partial charge is 0.456 e. The van der Waals surface area contributed by atoms with Crippen molar-refractivity contribution in [2.75, 3.05) is 4.90 Å². The standard InChI is InChI=1S/C54H35N5O2/c1-54(2)41-16-7-3-15-39(41)50-42(54)17-11-19-45(50)59(33-24-26-38-36-13-5-9-20-46(36)61-49(38)30-33)53-57-51(31-23-27-48-40(28-31)37-14-6-10-21-47(37)60-48)56-52(58-53)32-22-25-35-34-12-4-8-18-43(34)55-44(35)29-32/h3-30,55H,1-2H3. The van der Waals surface area contributed by atoms with E-state index in [-0.39, 0.29) is 5.41 Å². The van der Waals surface area contributed by atoms with Crippen molar-refractivity contribution in [3.63, 3.8) is 0 Å². The minimum absolute atomic E-state index is 0.219. The highest BCUT2D eigenvalue weighted by molar-refractivity contribution is 6.09. The van der Waals surface area contributed by atoms with Crippen molar-refractivity contribution >= 4 is 83.0 Å². The van der Waals surface area contributed by atoms with E-state index >= 15 is 0 Å². The molecule has 0 bridgehead atoms. The number of fused-ring (bicyclic) bond motifs is 12. The molecule has 0 radical (unpaired) electrons. The SMILES string of the molecule is CC1(C)c2ccccc2-c2c(N(c3ccc4c(c3)oc3ccccc34)c3nc(-c4ccc5c(c4)[nH]c4ccccc45)nc(-c4ccc5oc6ccccc6c5c4)n3)cccc21. The van der Waals surface area contributed by atoms with E-state index in [0.29, 0.717) is 17.6 Å². The zero-order chi connectivity index (χ0) is 40.4. The molecule has 0 saturated carbocycles. The quantitative estimate of drug-likeness (QED) is 0.187. The fourth-order valence-corrected chi connectivity index (χ4v) is 9.72.